The normalized spacial score (nSPS) is 16.8. The van der Waals surface area contributed by atoms with E-state index in [2.05, 4.69) is 27.1 Å². The third-order valence-electron chi connectivity index (χ3n) is 5.22. The molecular weight excluding hydrogens is 357 g/mol. The lowest BCUT2D eigenvalue weighted by Gasteiger charge is -2.30. The molecule has 0 unspecified atom stereocenters. The summed E-state index contributed by atoms with van der Waals surface area (Å²) < 4.78 is 14.4. The Labute approximate surface area is 164 Å². The summed E-state index contributed by atoms with van der Waals surface area (Å²) in [6, 6.07) is 4.87. The third kappa shape index (κ3) is 4.36. The fourth-order valence-electron chi connectivity index (χ4n) is 3.54. The van der Waals surface area contributed by atoms with Gasteiger partial charge in [-0.25, -0.2) is 9.37 Å². The van der Waals surface area contributed by atoms with E-state index in [9.17, 15) is 9.18 Å². The number of pyridine rings is 1. The van der Waals surface area contributed by atoms with E-state index in [0.717, 1.165) is 37.9 Å². The minimum atomic E-state index is -0.398. The highest BCUT2D eigenvalue weighted by atomic mass is 19.1. The highest BCUT2D eigenvalue weighted by Gasteiger charge is 2.24. The van der Waals surface area contributed by atoms with Crippen LogP contribution >= 0.6 is 0 Å². The molecule has 0 saturated carbocycles. The van der Waals surface area contributed by atoms with Crippen molar-refractivity contribution in [3.8, 4) is 0 Å². The zero-order valence-electron chi connectivity index (χ0n) is 16.3. The number of fused-ring (bicyclic) bond motifs is 1. The number of carbonyl (C=O) groups is 1. The molecule has 7 heteroatoms. The molecule has 1 saturated heterocycles. The zero-order chi connectivity index (χ0) is 20.1. The van der Waals surface area contributed by atoms with Gasteiger partial charge in [0.15, 0.2) is 0 Å². The summed E-state index contributed by atoms with van der Waals surface area (Å²) in [6.07, 6.45) is 6.10. The molecular formula is C21H26FN5O. The summed E-state index contributed by atoms with van der Waals surface area (Å²) in [5.74, 6) is 0.0583. The second kappa shape index (κ2) is 8.93. The molecule has 1 amide bonds. The molecule has 3 rings (SSSR count). The molecule has 0 bridgehead atoms. The average Bonchev–Trinajstić information content (AvgIpc) is 2.72. The zero-order valence-corrected chi connectivity index (χ0v) is 16.3. The number of halogens is 1. The number of nitrogens with zero attached hydrogens (tertiary/aromatic N) is 3. The molecule has 1 aliphatic heterocycles. The SMILES string of the molecule is CCN1CCC(C(=O)Nc2cc3cc(C(C=NC)=CN)c(F)cc3cn2)CC1. The van der Waals surface area contributed by atoms with Crippen LogP contribution in [0.1, 0.15) is 25.3 Å². The predicted octanol–water partition coefficient (Wildman–Crippen LogP) is 3.04. The molecule has 0 aliphatic carbocycles. The number of piperidine rings is 1. The number of anilines is 1. The van der Waals surface area contributed by atoms with Crippen molar-refractivity contribution in [1.29, 1.82) is 0 Å². The number of allylic oxidation sites excluding steroid dienone is 1. The van der Waals surface area contributed by atoms with E-state index in [1.165, 1.54) is 18.5 Å². The van der Waals surface area contributed by atoms with Gasteiger partial charge in [-0.05, 0) is 56.1 Å². The molecule has 1 aromatic carbocycles. The number of hydrogen-bond acceptors (Lipinski definition) is 5. The van der Waals surface area contributed by atoms with E-state index < -0.39 is 5.82 Å². The van der Waals surface area contributed by atoms with Crippen LogP contribution in [0.4, 0.5) is 10.2 Å². The third-order valence-corrected chi connectivity index (χ3v) is 5.22. The maximum Gasteiger partial charge on any atom is 0.228 e. The number of likely N-dealkylation sites (tertiary alicyclic amines) is 1. The first-order valence-corrected chi connectivity index (χ1v) is 9.52. The van der Waals surface area contributed by atoms with Gasteiger partial charge in [-0.15, -0.1) is 0 Å². The van der Waals surface area contributed by atoms with Crippen molar-refractivity contribution in [2.75, 3.05) is 32.0 Å². The summed E-state index contributed by atoms with van der Waals surface area (Å²) in [5, 5.41) is 4.33. The number of aromatic nitrogens is 1. The Morgan fingerprint density at radius 1 is 1.36 bits per heavy atom. The summed E-state index contributed by atoms with van der Waals surface area (Å²) >= 11 is 0. The molecule has 2 aromatic rings. The minimum Gasteiger partial charge on any atom is -0.404 e. The van der Waals surface area contributed by atoms with Crippen LogP contribution in [0.25, 0.3) is 16.3 Å². The topological polar surface area (TPSA) is 83.6 Å². The molecule has 0 radical (unpaired) electrons. The van der Waals surface area contributed by atoms with E-state index in [1.54, 1.807) is 25.4 Å². The molecule has 0 atom stereocenters. The fraction of sp³-hybridized carbons (Fsp3) is 0.381. The number of amides is 1. The van der Waals surface area contributed by atoms with Crippen LogP contribution in [0.2, 0.25) is 0 Å². The molecule has 2 heterocycles. The lowest BCUT2D eigenvalue weighted by molar-refractivity contribution is -0.121. The molecule has 6 nitrogen and oxygen atoms in total. The molecule has 1 aromatic heterocycles. The van der Waals surface area contributed by atoms with Crippen molar-refractivity contribution >= 4 is 34.3 Å². The lowest BCUT2D eigenvalue weighted by atomic mass is 9.96. The van der Waals surface area contributed by atoms with Crippen LogP contribution in [0.5, 0.6) is 0 Å². The maximum absolute atomic E-state index is 14.4. The predicted molar refractivity (Wildman–Crippen MR) is 112 cm³/mol. The van der Waals surface area contributed by atoms with Crippen molar-refractivity contribution in [2.45, 2.75) is 19.8 Å². The number of benzene rings is 1. The average molecular weight is 383 g/mol. The molecule has 1 aliphatic rings. The van der Waals surface area contributed by atoms with E-state index >= 15 is 0 Å². The van der Waals surface area contributed by atoms with Crippen molar-refractivity contribution in [3.63, 3.8) is 0 Å². The van der Waals surface area contributed by atoms with Crippen molar-refractivity contribution in [3.05, 3.63) is 42.0 Å². The minimum absolute atomic E-state index is 0.00313. The second-order valence-electron chi connectivity index (χ2n) is 6.96. The summed E-state index contributed by atoms with van der Waals surface area (Å²) in [5.41, 5.74) is 6.46. The summed E-state index contributed by atoms with van der Waals surface area (Å²) in [4.78, 5) is 23.1. The largest absolute Gasteiger partial charge is 0.404 e. The van der Waals surface area contributed by atoms with Gasteiger partial charge in [0.1, 0.15) is 11.6 Å². The molecule has 28 heavy (non-hydrogen) atoms. The van der Waals surface area contributed by atoms with E-state index in [-0.39, 0.29) is 11.8 Å². The van der Waals surface area contributed by atoms with Gasteiger partial charge < -0.3 is 16.0 Å². The number of aliphatic imine (C=N–C) groups is 1. The molecule has 148 valence electrons. The molecule has 1 fully saturated rings. The first-order valence-electron chi connectivity index (χ1n) is 9.52. The first-order chi connectivity index (χ1) is 13.5. The van der Waals surface area contributed by atoms with E-state index in [4.69, 9.17) is 5.73 Å². The van der Waals surface area contributed by atoms with Gasteiger partial charge in [0.25, 0.3) is 0 Å². The Morgan fingerprint density at radius 2 is 2.11 bits per heavy atom. The van der Waals surface area contributed by atoms with Gasteiger partial charge in [-0.1, -0.05) is 6.92 Å². The lowest BCUT2D eigenvalue weighted by Crippen LogP contribution is -2.38. The maximum atomic E-state index is 14.4. The van der Waals surface area contributed by atoms with Crippen molar-refractivity contribution < 1.29 is 9.18 Å². The first kappa shape index (κ1) is 19.9. The van der Waals surface area contributed by atoms with Crippen LogP contribution in [-0.2, 0) is 4.79 Å². The highest BCUT2D eigenvalue weighted by Crippen LogP contribution is 2.26. The van der Waals surface area contributed by atoms with Gasteiger partial charge in [0, 0.05) is 48.1 Å². The Kier molecular flexibility index (Phi) is 6.36. The standard InChI is InChI=1S/C21H26FN5O/c1-3-27-6-4-14(5-7-27)21(28)26-20-10-15-8-18(17(11-23)12-24-2)19(22)9-16(15)13-25-20/h8-14H,3-7,23H2,1-2H3,(H,25,26,28). The number of nitrogens with two attached hydrogens (primary N) is 1. The van der Waals surface area contributed by atoms with Crippen LogP contribution in [-0.4, -0.2) is 48.7 Å². The number of carbonyl (C=O) groups excluding carboxylic acids is 1. The summed E-state index contributed by atoms with van der Waals surface area (Å²) in [6.45, 7) is 5.03. The van der Waals surface area contributed by atoms with Gasteiger partial charge in [-0.3, -0.25) is 9.79 Å². The van der Waals surface area contributed by atoms with Gasteiger partial charge in [0.05, 0.1) is 0 Å². The van der Waals surface area contributed by atoms with Crippen molar-refractivity contribution in [1.82, 2.24) is 9.88 Å². The Hall–Kier alpha value is -2.80. The summed E-state index contributed by atoms with van der Waals surface area (Å²) in [7, 11) is 1.60. The number of rotatable bonds is 5. The van der Waals surface area contributed by atoms with E-state index in [0.29, 0.717) is 22.3 Å². The highest BCUT2D eigenvalue weighted by molar-refractivity contribution is 6.10. The van der Waals surface area contributed by atoms with Gasteiger partial charge >= 0.3 is 0 Å². The molecule has 0 spiro atoms. The Morgan fingerprint density at radius 3 is 2.75 bits per heavy atom. The molecule has 3 N–H and O–H groups in total. The Bertz CT molecular complexity index is 916. The number of nitrogens with one attached hydrogen (secondary N) is 1. The quantitative estimate of drug-likeness (QED) is 0.778. The monoisotopic (exact) mass is 383 g/mol. The van der Waals surface area contributed by atoms with Crippen LogP contribution < -0.4 is 11.1 Å². The van der Waals surface area contributed by atoms with Crippen molar-refractivity contribution in [2.24, 2.45) is 16.6 Å². The van der Waals surface area contributed by atoms with Crippen LogP contribution in [0.3, 0.4) is 0 Å². The van der Waals surface area contributed by atoms with Gasteiger partial charge in [-0.2, -0.15) is 0 Å². The smallest absolute Gasteiger partial charge is 0.228 e. The van der Waals surface area contributed by atoms with E-state index in [1.807, 2.05) is 0 Å². The van der Waals surface area contributed by atoms with Crippen LogP contribution in [0.15, 0.2) is 35.6 Å². The number of hydrogen-bond donors (Lipinski definition) is 2. The Balaban J connectivity index is 1.81. The fourth-order valence-corrected chi connectivity index (χ4v) is 3.54. The van der Waals surface area contributed by atoms with Gasteiger partial charge in [0.2, 0.25) is 5.91 Å². The second-order valence-corrected chi connectivity index (χ2v) is 6.96. The van der Waals surface area contributed by atoms with Crippen LogP contribution in [0, 0.1) is 11.7 Å².